The molecule has 0 aliphatic carbocycles. The average molecular weight is 234 g/mol. The van der Waals surface area contributed by atoms with E-state index < -0.39 is 0 Å². The zero-order valence-electron chi connectivity index (χ0n) is 9.98. The third-order valence-electron chi connectivity index (χ3n) is 4.23. The van der Waals surface area contributed by atoms with Gasteiger partial charge in [0, 0.05) is 30.3 Å². The Morgan fingerprint density at radius 3 is 2.88 bits per heavy atom. The molecule has 17 heavy (non-hydrogen) atoms. The number of fused-ring (bicyclic) bond motifs is 2. The van der Waals surface area contributed by atoms with E-state index in [0.29, 0.717) is 6.04 Å². The van der Waals surface area contributed by atoms with Gasteiger partial charge in [-0.3, -0.25) is 4.90 Å². The van der Waals surface area contributed by atoms with Gasteiger partial charge < -0.3 is 15.9 Å². The Hall–Kier alpha value is -1.26. The number of hydrogen-bond acceptors (Lipinski definition) is 4. The third-order valence-corrected chi connectivity index (χ3v) is 4.23. The summed E-state index contributed by atoms with van der Waals surface area (Å²) in [5.74, 6) is 0.299. The topological polar surface area (TPSA) is 69.7 Å². The van der Waals surface area contributed by atoms with Gasteiger partial charge in [0.2, 0.25) is 0 Å². The Labute approximate surface area is 101 Å². The predicted molar refractivity (Wildman–Crippen MR) is 64.9 cm³/mol. The van der Waals surface area contributed by atoms with Gasteiger partial charge in [-0.05, 0) is 37.4 Å². The molecule has 2 atom stereocenters. The standard InChI is InChI=1S/C13H18N2O2/c1-7-8-6-15-4-2-3-9(15)13(14)12(8)11(17)5-10(7)16/h5,9,13,16-17H,2-4,6,14H2,1H3. The molecule has 0 radical (unpaired) electrons. The highest BCUT2D eigenvalue weighted by Gasteiger charge is 2.38. The number of phenols is 2. The molecule has 0 aromatic heterocycles. The van der Waals surface area contributed by atoms with Crippen LogP contribution in [-0.2, 0) is 6.54 Å². The fourth-order valence-electron chi connectivity index (χ4n) is 3.25. The van der Waals surface area contributed by atoms with E-state index in [1.807, 2.05) is 6.92 Å². The van der Waals surface area contributed by atoms with Gasteiger partial charge >= 0.3 is 0 Å². The molecule has 2 aliphatic heterocycles. The Bertz CT molecular complexity index is 473. The highest BCUT2D eigenvalue weighted by atomic mass is 16.3. The van der Waals surface area contributed by atoms with Crippen molar-refractivity contribution in [3.63, 3.8) is 0 Å². The maximum atomic E-state index is 9.99. The van der Waals surface area contributed by atoms with Crippen molar-refractivity contribution in [2.75, 3.05) is 6.54 Å². The van der Waals surface area contributed by atoms with Gasteiger partial charge in [0.15, 0.2) is 0 Å². The number of phenolic OH excluding ortho intramolecular Hbond substituents is 2. The van der Waals surface area contributed by atoms with Gasteiger partial charge in [0.1, 0.15) is 11.5 Å². The van der Waals surface area contributed by atoms with E-state index in [2.05, 4.69) is 4.90 Å². The van der Waals surface area contributed by atoms with Crippen molar-refractivity contribution in [3.05, 3.63) is 22.8 Å². The molecule has 2 heterocycles. The minimum atomic E-state index is -0.138. The Balaban J connectivity index is 2.17. The highest BCUT2D eigenvalue weighted by Crippen LogP contribution is 2.43. The number of nitrogens with zero attached hydrogens (tertiary/aromatic N) is 1. The van der Waals surface area contributed by atoms with Crippen molar-refractivity contribution < 1.29 is 10.2 Å². The smallest absolute Gasteiger partial charge is 0.124 e. The van der Waals surface area contributed by atoms with Crippen molar-refractivity contribution in [3.8, 4) is 11.5 Å². The van der Waals surface area contributed by atoms with Crippen LogP contribution in [0, 0.1) is 6.92 Å². The zero-order chi connectivity index (χ0) is 12.2. The molecule has 0 saturated carbocycles. The third kappa shape index (κ3) is 1.44. The summed E-state index contributed by atoms with van der Waals surface area (Å²) in [4.78, 5) is 2.36. The molecule has 1 saturated heterocycles. The summed E-state index contributed by atoms with van der Waals surface area (Å²) >= 11 is 0. The molecular formula is C13H18N2O2. The summed E-state index contributed by atoms with van der Waals surface area (Å²) in [5.41, 5.74) is 8.96. The van der Waals surface area contributed by atoms with Crippen LogP contribution in [0.2, 0.25) is 0 Å². The lowest BCUT2D eigenvalue weighted by molar-refractivity contribution is 0.193. The maximum Gasteiger partial charge on any atom is 0.124 e. The van der Waals surface area contributed by atoms with Crippen LogP contribution < -0.4 is 5.73 Å². The van der Waals surface area contributed by atoms with E-state index in [1.165, 1.54) is 6.07 Å². The summed E-state index contributed by atoms with van der Waals surface area (Å²) in [7, 11) is 0. The van der Waals surface area contributed by atoms with Crippen LogP contribution in [0.3, 0.4) is 0 Å². The van der Waals surface area contributed by atoms with Crippen molar-refractivity contribution in [2.24, 2.45) is 5.73 Å². The number of aromatic hydroxyl groups is 2. The summed E-state index contributed by atoms with van der Waals surface area (Å²) in [6.45, 7) is 3.74. The molecule has 2 aliphatic rings. The van der Waals surface area contributed by atoms with E-state index in [0.717, 1.165) is 42.6 Å². The van der Waals surface area contributed by atoms with Crippen LogP contribution >= 0.6 is 0 Å². The van der Waals surface area contributed by atoms with E-state index in [1.54, 1.807) is 0 Å². The van der Waals surface area contributed by atoms with Gasteiger partial charge in [-0.15, -0.1) is 0 Å². The van der Waals surface area contributed by atoms with Gasteiger partial charge in [0.25, 0.3) is 0 Å². The molecule has 4 N–H and O–H groups in total. The lowest BCUT2D eigenvalue weighted by Crippen LogP contribution is -2.42. The minimum absolute atomic E-state index is 0.138. The van der Waals surface area contributed by atoms with Crippen molar-refractivity contribution >= 4 is 0 Å². The van der Waals surface area contributed by atoms with Gasteiger partial charge in [-0.2, -0.15) is 0 Å². The monoisotopic (exact) mass is 234 g/mol. The molecule has 2 unspecified atom stereocenters. The molecule has 3 rings (SSSR count). The molecule has 1 aromatic carbocycles. The molecular weight excluding hydrogens is 216 g/mol. The Morgan fingerprint density at radius 2 is 2.12 bits per heavy atom. The number of hydrogen-bond donors (Lipinski definition) is 3. The fraction of sp³-hybridized carbons (Fsp3) is 0.538. The summed E-state index contributed by atoms with van der Waals surface area (Å²) in [5, 5.41) is 19.8. The normalized spacial score (nSPS) is 27.9. The largest absolute Gasteiger partial charge is 0.508 e. The molecule has 0 amide bonds. The van der Waals surface area contributed by atoms with E-state index in [4.69, 9.17) is 5.73 Å². The second kappa shape index (κ2) is 3.62. The Morgan fingerprint density at radius 1 is 1.35 bits per heavy atom. The van der Waals surface area contributed by atoms with Crippen molar-refractivity contribution in [2.45, 2.75) is 38.4 Å². The lowest BCUT2D eigenvalue weighted by Gasteiger charge is -2.37. The van der Waals surface area contributed by atoms with Crippen LogP contribution in [0.1, 0.15) is 35.6 Å². The molecule has 4 nitrogen and oxygen atoms in total. The van der Waals surface area contributed by atoms with Gasteiger partial charge in [-0.25, -0.2) is 0 Å². The van der Waals surface area contributed by atoms with Gasteiger partial charge in [0.05, 0.1) is 0 Å². The highest BCUT2D eigenvalue weighted by molar-refractivity contribution is 5.54. The molecule has 0 spiro atoms. The number of benzene rings is 1. The van der Waals surface area contributed by atoms with Crippen molar-refractivity contribution in [1.82, 2.24) is 4.90 Å². The summed E-state index contributed by atoms with van der Waals surface area (Å²) in [6.07, 6.45) is 2.26. The molecule has 1 fully saturated rings. The van der Waals surface area contributed by atoms with E-state index in [9.17, 15) is 10.2 Å². The molecule has 4 heteroatoms. The first-order valence-electron chi connectivity index (χ1n) is 6.13. The Kier molecular flexibility index (Phi) is 2.31. The first-order valence-corrected chi connectivity index (χ1v) is 6.13. The first kappa shape index (κ1) is 10.9. The van der Waals surface area contributed by atoms with Crippen LogP contribution in [0.15, 0.2) is 6.07 Å². The average Bonchev–Trinajstić information content (AvgIpc) is 2.74. The van der Waals surface area contributed by atoms with Crippen LogP contribution in [0.4, 0.5) is 0 Å². The number of nitrogens with two attached hydrogens (primary N) is 1. The number of rotatable bonds is 0. The van der Waals surface area contributed by atoms with Crippen LogP contribution in [0.5, 0.6) is 11.5 Å². The van der Waals surface area contributed by atoms with Crippen LogP contribution in [-0.4, -0.2) is 27.7 Å². The van der Waals surface area contributed by atoms with Gasteiger partial charge in [-0.1, -0.05) is 0 Å². The van der Waals surface area contributed by atoms with E-state index >= 15 is 0 Å². The summed E-state index contributed by atoms with van der Waals surface area (Å²) in [6, 6.07) is 1.62. The molecule has 0 bridgehead atoms. The zero-order valence-corrected chi connectivity index (χ0v) is 9.98. The predicted octanol–water partition coefficient (Wildman–Crippen LogP) is 1.38. The maximum absolute atomic E-state index is 9.99. The summed E-state index contributed by atoms with van der Waals surface area (Å²) < 4.78 is 0. The van der Waals surface area contributed by atoms with Crippen LogP contribution in [0.25, 0.3) is 0 Å². The van der Waals surface area contributed by atoms with Crippen molar-refractivity contribution in [1.29, 1.82) is 0 Å². The second-order valence-corrected chi connectivity index (χ2v) is 5.14. The minimum Gasteiger partial charge on any atom is -0.508 e. The molecule has 1 aromatic rings. The fourth-order valence-corrected chi connectivity index (χ4v) is 3.25. The van der Waals surface area contributed by atoms with E-state index in [-0.39, 0.29) is 17.5 Å². The quantitative estimate of drug-likeness (QED) is 0.634. The first-order chi connectivity index (χ1) is 8.09. The second-order valence-electron chi connectivity index (χ2n) is 5.14. The lowest BCUT2D eigenvalue weighted by atomic mass is 9.86. The molecule has 92 valence electrons. The SMILES string of the molecule is Cc1c(O)cc(O)c2c1CN1CCCC1C2N.